The lowest BCUT2D eigenvalue weighted by Gasteiger charge is -2.27. The van der Waals surface area contributed by atoms with E-state index in [-0.39, 0.29) is 5.92 Å². The monoisotopic (exact) mass is 245 g/mol. The van der Waals surface area contributed by atoms with Gasteiger partial charge in [-0.3, -0.25) is 4.79 Å². The van der Waals surface area contributed by atoms with E-state index in [4.69, 9.17) is 5.73 Å². The Kier molecular flexibility index (Phi) is 4.18. The molecule has 98 valence electrons. The van der Waals surface area contributed by atoms with Gasteiger partial charge >= 0.3 is 0 Å². The van der Waals surface area contributed by atoms with Crippen LogP contribution in [-0.4, -0.2) is 12.3 Å². The van der Waals surface area contributed by atoms with Gasteiger partial charge in [-0.1, -0.05) is 18.2 Å². The first-order valence-corrected chi connectivity index (χ1v) is 6.94. The van der Waals surface area contributed by atoms with Gasteiger partial charge in [0.25, 0.3) is 0 Å². The summed E-state index contributed by atoms with van der Waals surface area (Å²) in [4.78, 5) is 12.5. The molecular formula is C16H23NO. The molecule has 0 radical (unpaired) electrons. The van der Waals surface area contributed by atoms with Crippen LogP contribution in [0.5, 0.6) is 0 Å². The first-order chi connectivity index (χ1) is 8.63. The van der Waals surface area contributed by atoms with Crippen LogP contribution >= 0.6 is 0 Å². The fourth-order valence-corrected chi connectivity index (χ4v) is 2.90. The van der Waals surface area contributed by atoms with Crippen LogP contribution in [0.4, 0.5) is 0 Å². The number of benzene rings is 1. The maximum absolute atomic E-state index is 12.5. The molecule has 0 atom stereocenters. The van der Waals surface area contributed by atoms with Gasteiger partial charge in [0.2, 0.25) is 0 Å². The van der Waals surface area contributed by atoms with Crippen molar-refractivity contribution in [2.75, 3.05) is 6.54 Å². The minimum Gasteiger partial charge on any atom is -0.330 e. The van der Waals surface area contributed by atoms with Gasteiger partial charge in [0.1, 0.15) is 0 Å². The number of hydrogen-bond donors (Lipinski definition) is 1. The summed E-state index contributed by atoms with van der Waals surface area (Å²) in [5.41, 5.74) is 8.96. The summed E-state index contributed by atoms with van der Waals surface area (Å²) < 4.78 is 0. The van der Waals surface area contributed by atoms with Crippen molar-refractivity contribution in [3.63, 3.8) is 0 Å². The zero-order valence-corrected chi connectivity index (χ0v) is 11.4. The van der Waals surface area contributed by atoms with Crippen molar-refractivity contribution < 1.29 is 4.79 Å². The lowest BCUT2D eigenvalue weighted by molar-refractivity contribution is 0.0873. The van der Waals surface area contributed by atoms with Crippen molar-refractivity contribution in [1.29, 1.82) is 0 Å². The highest BCUT2D eigenvalue weighted by Crippen LogP contribution is 2.31. The van der Waals surface area contributed by atoms with Gasteiger partial charge in [0.15, 0.2) is 5.78 Å². The van der Waals surface area contributed by atoms with E-state index >= 15 is 0 Å². The van der Waals surface area contributed by atoms with Crippen molar-refractivity contribution in [3.05, 3.63) is 34.9 Å². The molecule has 0 heterocycles. The minimum atomic E-state index is 0.216. The van der Waals surface area contributed by atoms with E-state index in [0.717, 1.165) is 43.4 Å². The number of hydrogen-bond acceptors (Lipinski definition) is 2. The topological polar surface area (TPSA) is 43.1 Å². The highest BCUT2D eigenvalue weighted by atomic mass is 16.1. The molecule has 2 heteroatoms. The van der Waals surface area contributed by atoms with E-state index in [2.05, 4.69) is 13.0 Å². The molecular weight excluding hydrogens is 222 g/mol. The summed E-state index contributed by atoms with van der Waals surface area (Å²) in [6, 6.07) is 6.03. The average molecular weight is 245 g/mol. The van der Waals surface area contributed by atoms with Crippen LogP contribution in [-0.2, 0) is 0 Å². The maximum atomic E-state index is 12.5. The average Bonchev–Trinajstić information content (AvgIpc) is 2.41. The van der Waals surface area contributed by atoms with Crippen LogP contribution in [0.1, 0.15) is 47.2 Å². The summed E-state index contributed by atoms with van der Waals surface area (Å²) in [5.74, 6) is 1.19. The molecule has 0 spiro atoms. The first-order valence-electron chi connectivity index (χ1n) is 6.94. The Bertz CT molecular complexity index is 431. The van der Waals surface area contributed by atoms with Crippen LogP contribution in [0.15, 0.2) is 18.2 Å². The van der Waals surface area contributed by atoms with Crippen molar-refractivity contribution in [3.8, 4) is 0 Å². The third-order valence-electron chi connectivity index (χ3n) is 4.42. The van der Waals surface area contributed by atoms with Gasteiger partial charge in [-0.15, -0.1) is 0 Å². The molecule has 1 fully saturated rings. The molecule has 2 nitrogen and oxygen atoms in total. The van der Waals surface area contributed by atoms with Crippen LogP contribution in [0.3, 0.4) is 0 Å². The number of rotatable bonds is 3. The number of ketones is 1. The third-order valence-corrected chi connectivity index (χ3v) is 4.42. The predicted molar refractivity (Wildman–Crippen MR) is 74.7 cm³/mol. The standard InChI is InChI=1S/C16H23NO/c1-11-4-3-5-15(12(11)2)16(18)14-8-6-13(10-17)7-9-14/h3-5,13-14H,6-10,17H2,1-2H3. The number of nitrogens with two attached hydrogens (primary N) is 1. The molecule has 1 aromatic rings. The summed E-state index contributed by atoms with van der Waals surface area (Å²) in [5, 5.41) is 0. The molecule has 0 amide bonds. The Balaban J connectivity index is 2.10. The molecule has 1 saturated carbocycles. The second kappa shape index (κ2) is 5.66. The second-order valence-electron chi connectivity index (χ2n) is 5.57. The molecule has 0 saturated heterocycles. The molecule has 1 aliphatic carbocycles. The van der Waals surface area contributed by atoms with Gasteiger partial charge in [0, 0.05) is 11.5 Å². The zero-order valence-electron chi connectivity index (χ0n) is 11.4. The SMILES string of the molecule is Cc1cccc(C(=O)C2CCC(CN)CC2)c1C. The molecule has 2 rings (SSSR count). The smallest absolute Gasteiger partial charge is 0.166 e. The van der Waals surface area contributed by atoms with Gasteiger partial charge in [-0.25, -0.2) is 0 Å². The second-order valence-corrected chi connectivity index (χ2v) is 5.57. The zero-order chi connectivity index (χ0) is 13.1. The highest BCUT2D eigenvalue weighted by molar-refractivity contribution is 5.99. The van der Waals surface area contributed by atoms with Crippen molar-refractivity contribution in [2.24, 2.45) is 17.6 Å². The molecule has 18 heavy (non-hydrogen) atoms. The lowest BCUT2D eigenvalue weighted by Crippen LogP contribution is -2.26. The van der Waals surface area contributed by atoms with Gasteiger partial charge < -0.3 is 5.73 Å². The molecule has 0 aromatic heterocycles. The summed E-state index contributed by atoms with van der Waals surface area (Å²) >= 11 is 0. The first kappa shape index (κ1) is 13.3. The minimum absolute atomic E-state index is 0.216. The fraction of sp³-hybridized carbons (Fsp3) is 0.562. The van der Waals surface area contributed by atoms with E-state index in [1.165, 1.54) is 5.56 Å². The van der Waals surface area contributed by atoms with Gasteiger partial charge in [-0.05, 0) is 63.1 Å². The Morgan fingerprint density at radius 2 is 1.89 bits per heavy atom. The molecule has 2 N–H and O–H groups in total. The van der Waals surface area contributed by atoms with E-state index in [1.54, 1.807) is 0 Å². The van der Waals surface area contributed by atoms with E-state index < -0.39 is 0 Å². The quantitative estimate of drug-likeness (QED) is 0.831. The van der Waals surface area contributed by atoms with Gasteiger partial charge in [-0.2, -0.15) is 0 Å². The van der Waals surface area contributed by atoms with Crippen molar-refractivity contribution in [1.82, 2.24) is 0 Å². The number of Topliss-reactive ketones (excluding diaryl/α,β-unsaturated/α-hetero) is 1. The fourth-order valence-electron chi connectivity index (χ4n) is 2.90. The van der Waals surface area contributed by atoms with Crippen LogP contribution in [0.2, 0.25) is 0 Å². The predicted octanol–water partition coefficient (Wildman–Crippen LogP) is 3.25. The van der Waals surface area contributed by atoms with Crippen molar-refractivity contribution >= 4 is 5.78 Å². The van der Waals surface area contributed by atoms with Crippen LogP contribution in [0.25, 0.3) is 0 Å². The van der Waals surface area contributed by atoms with Crippen LogP contribution < -0.4 is 5.73 Å². The van der Waals surface area contributed by atoms with E-state index in [0.29, 0.717) is 11.7 Å². The highest BCUT2D eigenvalue weighted by Gasteiger charge is 2.27. The van der Waals surface area contributed by atoms with Gasteiger partial charge in [0.05, 0.1) is 0 Å². The van der Waals surface area contributed by atoms with E-state index in [9.17, 15) is 4.79 Å². The molecule has 0 unspecified atom stereocenters. The third kappa shape index (κ3) is 2.64. The Labute approximate surface area is 110 Å². The molecule has 1 aromatic carbocycles. The number of carbonyl (C=O) groups excluding carboxylic acids is 1. The molecule has 0 bridgehead atoms. The summed E-state index contributed by atoms with van der Waals surface area (Å²) in [7, 11) is 0. The maximum Gasteiger partial charge on any atom is 0.166 e. The van der Waals surface area contributed by atoms with Crippen LogP contribution in [0, 0.1) is 25.7 Å². The Hall–Kier alpha value is -1.15. The Morgan fingerprint density at radius 1 is 1.22 bits per heavy atom. The Morgan fingerprint density at radius 3 is 2.50 bits per heavy atom. The summed E-state index contributed by atoms with van der Waals surface area (Å²) in [6.45, 7) is 4.88. The normalized spacial score (nSPS) is 23.9. The molecule has 0 aliphatic heterocycles. The lowest BCUT2D eigenvalue weighted by atomic mass is 9.78. The largest absolute Gasteiger partial charge is 0.330 e. The summed E-state index contributed by atoms with van der Waals surface area (Å²) in [6.07, 6.45) is 4.23. The van der Waals surface area contributed by atoms with Crippen molar-refractivity contribution in [2.45, 2.75) is 39.5 Å². The number of carbonyl (C=O) groups is 1. The number of aryl methyl sites for hydroxylation is 1. The molecule has 1 aliphatic rings. The van der Waals surface area contributed by atoms with E-state index in [1.807, 2.05) is 19.1 Å².